The van der Waals surface area contributed by atoms with Crippen molar-refractivity contribution in [2.45, 2.75) is 19.5 Å². The number of hydrogen-bond donors (Lipinski definition) is 1. The predicted octanol–water partition coefficient (Wildman–Crippen LogP) is 4.49. The van der Waals surface area contributed by atoms with Crippen LogP contribution in [0.5, 0.6) is 0 Å². The molecule has 0 saturated heterocycles. The van der Waals surface area contributed by atoms with Crippen molar-refractivity contribution in [2.24, 2.45) is 0 Å². The van der Waals surface area contributed by atoms with Crippen LogP contribution in [0.1, 0.15) is 33.2 Å². The molecule has 0 radical (unpaired) electrons. The van der Waals surface area contributed by atoms with Gasteiger partial charge in [0.2, 0.25) is 0 Å². The molecule has 1 aliphatic rings. The van der Waals surface area contributed by atoms with Crippen molar-refractivity contribution in [1.29, 1.82) is 0 Å². The third kappa shape index (κ3) is 3.21. The molecule has 1 N–H and O–H groups in total. The van der Waals surface area contributed by atoms with Crippen molar-refractivity contribution in [3.63, 3.8) is 0 Å². The minimum atomic E-state index is -0.171. The van der Waals surface area contributed by atoms with Crippen LogP contribution in [0.2, 0.25) is 0 Å². The van der Waals surface area contributed by atoms with Gasteiger partial charge < -0.3 is 10.2 Å². The van der Waals surface area contributed by atoms with Gasteiger partial charge in [0.25, 0.3) is 5.91 Å². The van der Waals surface area contributed by atoms with Gasteiger partial charge in [-0.3, -0.25) is 4.79 Å². The Balaban J connectivity index is 1.70. The van der Waals surface area contributed by atoms with Crippen molar-refractivity contribution in [2.75, 3.05) is 11.4 Å². The van der Waals surface area contributed by atoms with E-state index in [0.29, 0.717) is 5.56 Å². The van der Waals surface area contributed by atoms with Crippen LogP contribution in [-0.2, 0) is 6.42 Å². The Labute approximate surface area is 154 Å². The Morgan fingerprint density at radius 3 is 2.38 bits per heavy atom. The lowest BCUT2D eigenvalue weighted by molar-refractivity contribution is 0.0934. The summed E-state index contributed by atoms with van der Waals surface area (Å²) in [6.07, 6.45) is 0.803. The lowest BCUT2D eigenvalue weighted by Gasteiger charge is -2.39. The second kappa shape index (κ2) is 7.04. The van der Waals surface area contributed by atoms with Crippen LogP contribution in [0.3, 0.4) is 0 Å². The largest absolute Gasteiger partial charge is 0.347 e. The van der Waals surface area contributed by atoms with Crippen LogP contribution in [0.15, 0.2) is 78.9 Å². The Bertz CT molecular complexity index is 903. The van der Waals surface area contributed by atoms with Crippen LogP contribution in [0.25, 0.3) is 0 Å². The summed E-state index contributed by atoms with van der Waals surface area (Å²) in [6, 6.07) is 26.3. The van der Waals surface area contributed by atoms with Crippen LogP contribution in [0.4, 0.5) is 5.69 Å². The second-order valence-corrected chi connectivity index (χ2v) is 6.72. The minimum absolute atomic E-state index is 0.0515. The van der Waals surface area contributed by atoms with Crippen LogP contribution in [-0.4, -0.2) is 12.5 Å². The average Bonchev–Trinajstić information content (AvgIpc) is 2.70. The zero-order chi connectivity index (χ0) is 17.9. The number of hydrogen-bond acceptors (Lipinski definition) is 2. The molecule has 3 aromatic rings. The molecule has 0 fully saturated rings. The van der Waals surface area contributed by atoms with Crippen molar-refractivity contribution in [1.82, 2.24) is 5.32 Å². The van der Waals surface area contributed by atoms with E-state index in [-0.39, 0.29) is 12.1 Å². The maximum absolute atomic E-state index is 12.8. The molecular weight excluding hydrogens is 320 g/mol. The molecule has 1 atom stereocenters. The Kier molecular flexibility index (Phi) is 4.44. The first kappa shape index (κ1) is 16.4. The van der Waals surface area contributed by atoms with E-state index in [2.05, 4.69) is 59.6 Å². The molecule has 1 heterocycles. The van der Waals surface area contributed by atoms with Crippen LogP contribution < -0.4 is 10.2 Å². The third-order valence-corrected chi connectivity index (χ3v) is 4.95. The topological polar surface area (TPSA) is 32.3 Å². The quantitative estimate of drug-likeness (QED) is 0.761. The lowest BCUT2D eigenvalue weighted by Crippen LogP contribution is -2.45. The van der Waals surface area contributed by atoms with Crippen molar-refractivity contribution in [3.05, 3.63) is 101 Å². The lowest BCUT2D eigenvalue weighted by atomic mass is 9.96. The van der Waals surface area contributed by atoms with Gasteiger partial charge in [-0.25, -0.2) is 0 Å². The number of amides is 1. The van der Waals surface area contributed by atoms with E-state index in [1.807, 2.05) is 36.4 Å². The normalized spacial score (nSPS) is 16.0. The van der Waals surface area contributed by atoms with Crippen molar-refractivity contribution in [3.8, 4) is 0 Å². The molecule has 130 valence electrons. The molecule has 0 spiro atoms. The summed E-state index contributed by atoms with van der Waals surface area (Å²) in [5.74, 6) is -0.0515. The summed E-state index contributed by atoms with van der Waals surface area (Å²) in [5.41, 5.74) is 5.51. The highest BCUT2D eigenvalue weighted by Gasteiger charge is 2.28. The highest BCUT2D eigenvalue weighted by Crippen LogP contribution is 2.32. The number of rotatable bonds is 3. The monoisotopic (exact) mass is 342 g/mol. The molecule has 3 aromatic carbocycles. The number of nitrogens with one attached hydrogen (secondary N) is 1. The van der Waals surface area contributed by atoms with E-state index in [1.165, 1.54) is 16.7 Å². The molecular formula is C23H22N2O. The molecule has 1 unspecified atom stereocenters. The molecule has 1 amide bonds. The van der Waals surface area contributed by atoms with Gasteiger partial charge in [-0.2, -0.15) is 0 Å². The number of fused-ring (bicyclic) bond motifs is 1. The number of carbonyl (C=O) groups is 1. The number of aryl methyl sites for hydroxylation is 1. The smallest absolute Gasteiger partial charge is 0.253 e. The van der Waals surface area contributed by atoms with Gasteiger partial charge in [-0.1, -0.05) is 60.2 Å². The number of anilines is 1. The molecule has 0 aliphatic carbocycles. The van der Waals surface area contributed by atoms with Gasteiger partial charge in [-0.05, 0) is 48.7 Å². The van der Waals surface area contributed by atoms with Gasteiger partial charge in [-0.15, -0.1) is 0 Å². The molecule has 3 nitrogen and oxygen atoms in total. The molecule has 1 aliphatic heterocycles. The average molecular weight is 342 g/mol. The first-order chi connectivity index (χ1) is 12.7. The summed E-state index contributed by atoms with van der Waals surface area (Å²) < 4.78 is 0. The highest BCUT2D eigenvalue weighted by atomic mass is 16.1. The van der Waals surface area contributed by atoms with Gasteiger partial charge in [0.1, 0.15) is 6.17 Å². The second-order valence-electron chi connectivity index (χ2n) is 6.72. The predicted molar refractivity (Wildman–Crippen MR) is 105 cm³/mol. The summed E-state index contributed by atoms with van der Waals surface area (Å²) in [5, 5.41) is 3.24. The van der Waals surface area contributed by atoms with E-state index in [9.17, 15) is 4.79 Å². The van der Waals surface area contributed by atoms with E-state index in [4.69, 9.17) is 0 Å². The van der Waals surface area contributed by atoms with E-state index in [0.717, 1.165) is 18.7 Å². The first-order valence-corrected chi connectivity index (χ1v) is 8.99. The van der Waals surface area contributed by atoms with Crippen LogP contribution >= 0.6 is 0 Å². The van der Waals surface area contributed by atoms with Crippen LogP contribution in [0, 0.1) is 6.92 Å². The molecule has 26 heavy (non-hydrogen) atoms. The van der Waals surface area contributed by atoms with Gasteiger partial charge >= 0.3 is 0 Å². The standard InChI is InChI=1S/C23H22N2O/c1-17-11-13-20(14-12-17)25-16-15-18-7-5-6-10-21(18)22(25)24-23(26)19-8-3-2-4-9-19/h2-14,22H,15-16H2,1H3,(H,24,26). The zero-order valence-electron chi connectivity index (χ0n) is 14.9. The minimum Gasteiger partial charge on any atom is -0.347 e. The van der Waals surface area contributed by atoms with Gasteiger partial charge in [0.15, 0.2) is 0 Å². The fraction of sp³-hybridized carbons (Fsp3) is 0.174. The molecule has 4 rings (SSSR count). The number of benzene rings is 3. The Hall–Kier alpha value is -3.07. The summed E-state index contributed by atoms with van der Waals surface area (Å²) in [4.78, 5) is 15.1. The fourth-order valence-electron chi connectivity index (χ4n) is 3.53. The SMILES string of the molecule is Cc1ccc(N2CCc3ccccc3C2NC(=O)c2ccccc2)cc1. The summed E-state index contributed by atoms with van der Waals surface area (Å²) >= 11 is 0. The molecule has 3 heteroatoms. The molecule has 0 aromatic heterocycles. The summed E-state index contributed by atoms with van der Waals surface area (Å²) in [7, 11) is 0. The highest BCUT2D eigenvalue weighted by molar-refractivity contribution is 5.94. The first-order valence-electron chi connectivity index (χ1n) is 8.99. The van der Waals surface area contributed by atoms with E-state index < -0.39 is 0 Å². The summed E-state index contributed by atoms with van der Waals surface area (Å²) in [6.45, 7) is 2.96. The van der Waals surface area contributed by atoms with E-state index >= 15 is 0 Å². The number of nitrogens with zero attached hydrogens (tertiary/aromatic N) is 1. The maximum Gasteiger partial charge on any atom is 0.253 e. The van der Waals surface area contributed by atoms with Gasteiger partial charge in [0, 0.05) is 17.8 Å². The third-order valence-electron chi connectivity index (χ3n) is 4.95. The maximum atomic E-state index is 12.8. The Morgan fingerprint density at radius 2 is 1.62 bits per heavy atom. The zero-order valence-corrected chi connectivity index (χ0v) is 14.9. The Morgan fingerprint density at radius 1 is 0.923 bits per heavy atom. The number of carbonyl (C=O) groups excluding carboxylic acids is 1. The molecule has 0 bridgehead atoms. The van der Waals surface area contributed by atoms with Gasteiger partial charge in [0.05, 0.1) is 0 Å². The van der Waals surface area contributed by atoms with E-state index in [1.54, 1.807) is 0 Å². The fourth-order valence-corrected chi connectivity index (χ4v) is 3.53. The van der Waals surface area contributed by atoms with Crippen molar-refractivity contribution < 1.29 is 4.79 Å². The molecule has 0 saturated carbocycles. The van der Waals surface area contributed by atoms with Crippen molar-refractivity contribution >= 4 is 11.6 Å².